The van der Waals surface area contributed by atoms with Crippen molar-refractivity contribution in [3.63, 3.8) is 0 Å². The summed E-state index contributed by atoms with van der Waals surface area (Å²) in [6.07, 6.45) is 5.91. The van der Waals surface area contributed by atoms with Crippen LogP contribution in [0, 0.1) is 5.92 Å². The molecule has 1 aromatic rings. The topological polar surface area (TPSA) is 75.4 Å². The van der Waals surface area contributed by atoms with Gasteiger partial charge in [0.1, 0.15) is 5.82 Å². The van der Waals surface area contributed by atoms with E-state index < -0.39 is 0 Å². The van der Waals surface area contributed by atoms with E-state index in [0.717, 1.165) is 38.4 Å². The maximum Gasteiger partial charge on any atom is 0.227 e. The Hall–Kier alpha value is -1.69. The van der Waals surface area contributed by atoms with Gasteiger partial charge in [0.15, 0.2) is 0 Å². The van der Waals surface area contributed by atoms with Crippen molar-refractivity contribution in [3.8, 4) is 0 Å². The number of aromatic nitrogens is 2. The van der Waals surface area contributed by atoms with Gasteiger partial charge < -0.3 is 15.5 Å². The Morgan fingerprint density at radius 1 is 1.37 bits per heavy atom. The maximum atomic E-state index is 12.2. The first-order valence-corrected chi connectivity index (χ1v) is 6.76. The molecule has 0 saturated carbocycles. The highest BCUT2D eigenvalue weighted by molar-refractivity contribution is 5.79. The number of rotatable bonds is 4. The van der Waals surface area contributed by atoms with Crippen molar-refractivity contribution in [2.24, 2.45) is 11.7 Å². The van der Waals surface area contributed by atoms with Gasteiger partial charge in [-0.25, -0.2) is 4.98 Å². The van der Waals surface area contributed by atoms with Crippen LogP contribution in [0.5, 0.6) is 0 Å². The molecule has 0 aliphatic carbocycles. The van der Waals surface area contributed by atoms with Crippen LogP contribution in [0.3, 0.4) is 0 Å². The molecule has 0 bridgehead atoms. The van der Waals surface area contributed by atoms with E-state index in [0.29, 0.717) is 6.54 Å². The molecule has 1 aliphatic rings. The molecular formula is C13H21N5O. The molecule has 1 unspecified atom stereocenters. The highest BCUT2D eigenvalue weighted by atomic mass is 16.2. The maximum absolute atomic E-state index is 12.2. The van der Waals surface area contributed by atoms with Crippen molar-refractivity contribution in [2.75, 3.05) is 37.6 Å². The van der Waals surface area contributed by atoms with E-state index in [4.69, 9.17) is 5.73 Å². The van der Waals surface area contributed by atoms with Gasteiger partial charge in [-0.15, -0.1) is 0 Å². The molecule has 2 rings (SSSR count). The average Bonchev–Trinajstić information content (AvgIpc) is 2.49. The Bertz CT molecular complexity index is 399. The van der Waals surface area contributed by atoms with Crippen molar-refractivity contribution in [3.05, 3.63) is 18.6 Å². The molecule has 0 spiro atoms. The minimum absolute atomic E-state index is 0.0388. The third kappa shape index (κ3) is 3.20. The highest BCUT2D eigenvalue weighted by Gasteiger charge is 2.25. The van der Waals surface area contributed by atoms with Crippen LogP contribution in [0.15, 0.2) is 18.6 Å². The van der Waals surface area contributed by atoms with Gasteiger partial charge in [-0.1, -0.05) is 6.92 Å². The van der Waals surface area contributed by atoms with E-state index in [2.05, 4.69) is 14.9 Å². The zero-order valence-electron chi connectivity index (χ0n) is 11.3. The number of hydrogen-bond donors (Lipinski definition) is 1. The summed E-state index contributed by atoms with van der Waals surface area (Å²) < 4.78 is 0. The first-order chi connectivity index (χ1) is 9.26. The second-order valence-corrected chi connectivity index (χ2v) is 4.72. The van der Waals surface area contributed by atoms with Crippen molar-refractivity contribution in [2.45, 2.75) is 13.3 Å². The zero-order chi connectivity index (χ0) is 13.7. The highest BCUT2D eigenvalue weighted by Crippen LogP contribution is 2.14. The second-order valence-electron chi connectivity index (χ2n) is 4.72. The van der Waals surface area contributed by atoms with Gasteiger partial charge >= 0.3 is 0 Å². The van der Waals surface area contributed by atoms with E-state index in [1.165, 1.54) is 0 Å². The fourth-order valence-electron chi connectivity index (χ4n) is 2.31. The summed E-state index contributed by atoms with van der Waals surface area (Å²) in [7, 11) is 0. The molecule has 19 heavy (non-hydrogen) atoms. The number of amides is 1. The van der Waals surface area contributed by atoms with Gasteiger partial charge in [-0.3, -0.25) is 9.78 Å². The number of nitrogens with zero attached hydrogens (tertiary/aromatic N) is 4. The van der Waals surface area contributed by atoms with E-state index in [-0.39, 0.29) is 11.8 Å². The lowest BCUT2D eigenvalue weighted by Crippen LogP contribution is -2.51. The largest absolute Gasteiger partial charge is 0.352 e. The first-order valence-electron chi connectivity index (χ1n) is 6.76. The number of nitrogens with two attached hydrogens (primary N) is 1. The van der Waals surface area contributed by atoms with Crippen LogP contribution in [0.1, 0.15) is 13.3 Å². The second kappa shape index (κ2) is 6.47. The smallest absolute Gasteiger partial charge is 0.227 e. The quantitative estimate of drug-likeness (QED) is 0.834. The molecule has 0 radical (unpaired) electrons. The van der Waals surface area contributed by atoms with Crippen LogP contribution in [-0.2, 0) is 4.79 Å². The lowest BCUT2D eigenvalue weighted by atomic mass is 10.0. The van der Waals surface area contributed by atoms with Crippen LogP contribution in [-0.4, -0.2) is 53.5 Å². The van der Waals surface area contributed by atoms with Gasteiger partial charge in [0.05, 0.1) is 12.1 Å². The molecule has 1 saturated heterocycles. The van der Waals surface area contributed by atoms with E-state index >= 15 is 0 Å². The molecule has 2 N–H and O–H groups in total. The molecule has 1 aromatic heterocycles. The third-order valence-electron chi connectivity index (χ3n) is 3.59. The van der Waals surface area contributed by atoms with Crippen LogP contribution < -0.4 is 10.6 Å². The minimum atomic E-state index is -0.0388. The molecule has 2 heterocycles. The van der Waals surface area contributed by atoms with Crippen molar-refractivity contribution >= 4 is 11.7 Å². The summed E-state index contributed by atoms with van der Waals surface area (Å²) in [5, 5.41) is 0. The third-order valence-corrected chi connectivity index (χ3v) is 3.59. The Balaban J connectivity index is 1.91. The fourth-order valence-corrected chi connectivity index (χ4v) is 2.31. The normalized spacial score (nSPS) is 17.4. The lowest BCUT2D eigenvalue weighted by Gasteiger charge is -2.36. The van der Waals surface area contributed by atoms with Crippen molar-refractivity contribution in [1.82, 2.24) is 14.9 Å². The molecule has 1 atom stereocenters. The van der Waals surface area contributed by atoms with E-state index in [1.807, 2.05) is 11.8 Å². The van der Waals surface area contributed by atoms with E-state index in [9.17, 15) is 4.79 Å². The molecule has 6 heteroatoms. The molecular weight excluding hydrogens is 242 g/mol. The SMILES string of the molecule is CCC(CN)C(=O)N1CCN(c2cnccn2)CC1. The number of piperazine rings is 1. The molecule has 104 valence electrons. The van der Waals surface area contributed by atoms with Gasteiger partial charge in [0.2, 0.25) is 5.91 Å². The summed E-state index contributed by atoms with van der Waals surface area (Å²) in [5.74, 6) is 1.02. The van der Waals surface area contributed by atoms with Crippen LogP contribution in [0.2, 0.25) is 0 Å². The van der Waals surface area contributed by atoms with Crippen molar-refractivity contribution < 1.29 is 4.79 Å². The van der Waals surface area contributed by atoms with Gasteiger partial charge in [-0.05, 0) is 6.42 Å². The summed E-state index contributed by atoms with van der Waals surface area (Å²) in [4.78, 5) is 24.6. The zero-order valence-corrected chi connectivity index (χ0v) is 11.3. The van der Waals surface area contributed by atoms with Gasteiger partial charge in [-0.2, -0.15) is 0 Å². The van der Waals surface area contributed by atoms with Crippen LogP contribution >= 0.6 is 0 Å². The Labute approximate surface area is 113 Å². The van der Waals surface area contributed by atoms with Gasteiger partial charge in [0.25, 0.3) is 0 Å². The molecule has 0 aromatic carbocycles. The number of carbonyl (C=O) groups is 1. The average molecular weight is 263 g/mol. The van der Waals surface area contributed by atoms with Gasteiger partial charge in [0, 0.05) is 45.1 Å². The monoisotopic (exact) mass is 263 g/mol. The summed E-state index contributed by atoms with van der Waals surface area (Å²) in [5.41, 5.74) is 5.63. The molecule has 6 nitrogen and oxygen atoms in total. The van der Waals surface area contributed by atoms with Crippen LogP contribution in [0.25, 0.3) is 0 Å². The standard InChI is InChI=1S/C13H21N5O/c1-2-11(9-14)13(19)18-7-5-17(6-8-18)12-10-15-3-4-16-12/h3-4,10-11H,2,5-9,14H2,1H3. The predicted octanol–water partition coefficient (Wildman–Crippen LogP) is 0.110. The number of hydrogen-bond acceptors (Lipinski definition) is 5. The predicted molar refractivity (Wildman–Crippen MR) is 73.7 cm³/mol. The van der Waals surface area contributed by atoms with Crippen molar-refractivity contribution in [1.29, 1.82) is 0 Å². The number of carbonyl (C=O) groups excluding carboxylic acids is 1. The van der Waals surface area contributed by atoms with Crippen LogP contribution in [0.4, 0.5) is 5.82 Å². The lowest BCUT2D eigenvalue weighted by molar-refractivity contribution is -0.135. The molecule has 1 aliphatic heterocycles. The summed E-state index contributed by atoms with van der Waals surface area (Å²) in [6, 6.07) is 0. The Morgan fingerprint density at radius 3 is 2.63 bits per heavy atom. The Morgan fingerprint density at radius 2 is 2.11 bits per heavy atom. The summed E-state index contributed by atoms with van der Waals surface area (Å²) in [6.45, 7) is 5.49. The molecule has 1 amide bonds. The number of anilines is 1. The Kier molecular flexibility index (Phi) is 4.68. The summed E-state index contributed by atoms with van der Waals surface area (Å²) >= 11 is 0. The fraction of sp³-hybridized carbons (Fsp3) is 0.615. The molecule has 1 fully saturated rings. The van der Waals surface area contributed by atoms with E-state index in [1.54, 1.807) is 18.6 Å². The first kappa shape index (κ1) is 13.7. The minimum Gasteiger partial charge on any atom is -0.352 e.